The van der Waals surface area contributed by atoms with Gasteiger partial charge in [-0.25, -0.2) is 0 Å². The Labute approximate surface area is 94.5 Å². The van der Waals surface area contributed by atoms with Crippen molar-refractivity contribution in [2.24, 2.45) is 5.73 Å². The van der Waals surface area contributed by atoms with Gasteiger partial charge in [-0.2, -0.15) is 0 Å². The van der Waals surface area contributed by atoms with E-state index in [0.29, 0.717) is 18.1 Å². The Hall–Kier alpha value is 0.0600. The molecule has 0 saturated carbocycles. The molecule has 0 radical (unpaired) electrons. The first kappa shape index (κ1) is 11.1. The van der Waals surface area contributed by atoms with Crippen LogP contribution in [-0.4, -0.2) is 16.5 Å². The molecule has 0 aliphatic heterocycles. The minimum atomic E-state index is -0.805. The summed E-state index contributed by atoms with van der Waals surface area (Å²) in [6.45, 7) is 0.497. The number of rotatable bonds is 4. The van der Waals surface area contributed by atoms with Gasteiger partial charge in [0.1, 0.15) is 0 Å². The maximum absolute atomic E-state index is 11.3. The third-order valence-electron chi connectivity index (χ3n) is 1.59. The van der Waals surface area contributed by atoms with Crippen molar-refractivity contribution in [3.8, 4) is 0 Å². The Kier molecular flexibility index (Phi) is 4.90. The third-order valence-corrected chi connectivity index (χ3v) is 3.65. The van der Waals surface area contributed by atoms with E-state index in [1.807, 2.05) is 24.3 Å². The van der Waals surface area contributed by atoms with Gasteiger partial charge < -0.3 is 5.73 Å². The van der Waals surface area contributed by atoms with Crippen molar-refractivity contribution in [3.63, 3.8) is 0 Å². The van der Waals surface area contributed by atoms with Crippen molar-refractivity contribution >= 4 is 33.4 Å². The number of halogens is 1. The fraction of sp³-hybridized carbons (Fsp3) is 0.333. The summed E-state index contributed by atoms with van der Waals surface area (Å²) in [5.41, 5.74) is 6.43. The molecule has 0 bridgehead atoms. The Morgan fingerprint density at radius 1 is 1.31 bits per heavy atom. The lowest BCUT2D eigenvalue weighted by atomic mass is 10.2. The van der Waals surface area contributed by atoms with Crippen molar-refractivity contribution in [1.82, 2.24) is 0 Å². The zero-order chi connectivity index (χ0) is 9.68. The molecule has 4 heteroatoms. The van der Waals surface area contributed by atoms with Gasteiger partial charge in [0.25, 0.3) is 0 Å². The fourth-order valence-electron chi connectivity index (χ4n) is 0.970. The predicted octanol–water partition coefficient (Wildman–Crippen LogP) is 1.50. The molecule has 1 rings (SSSR count). The smallest absolute Gasteiger partial charge is 0.0486 e. The first-order valence-electron chi connectivity index (χ1n) is 4.02. The topological polar surface area (TPSA) is 43.1 Å². The first-order valence-corrected chi connectivity index (χ1v) is 6.58. The quantitative estimate of drug-likeness (QED) is 0.857. The van der Waals surface area contributed by atoms with Gasteiger partial charge in [0, 0.05) is 32.4 Å². The van der Waals surface area contributed by atoms with E-state index in [1.165, 1.54) is 3.57 Å². The van der Waals surface area contributed by atoms with Crippen LogP contribution in [-0.2, 0) is 16.6 Å². The monoisotopic (exact) mass is 309 g/mol. The minimum absolute atomic E-state index is 0.497. The summed E-state index contributed by atoms with van der Waals surface area (Å²) >= 11 is 2.25. The minimum Gasteiger partial charge on any atom is -0.330 e. The van der Waals surface area contributed by atoms with Crippen molar-refractivity contribution < 1.29 is 4.21 Å². The van der Waals surface area contributed by atoms with E-state index >= 15 is 0 Å². The second-order valence-electron chi connectivity index (χ2n) is 2.70. The van der Waals surface area contributed by atoms with Crippen LogP contribution in [0.2, 0.25) is 0 Å². The van der Waals surface area contributed by atoms with E-state index < -0.39 is 10.8 Å². The van der Waals surface area contributed by atoms with Crippen LogP contribution in [0.25, 0.3) is 0 Å². The van der Waals surface area contributed by atoms with E-state index in [0.717, 1.165) is 5.56 Å². The SMILES string of the molecule is NCC[S@@](=O)Cc1ccc(I)cc1. The molecule has 0 aliphatic carbocycles. The van der Waals surface area contributed by atoms with Crippen LogP contribution in [0.3, 0.4) is 0 Å². The summed E-state index contributed by atoms with van der Waals surface area (Å²) in [5.74, 6) is 1.21. The summed E-state index contributed by atoms with van der Waals surface area (Å²) in [5, 5.41) is 0. The van der Waals surface area contributed by atoms with Crippen LogP contribution in [0.1, 0.15) is 5.56 Å². The number of nitrogens with two attached hydrogens (primary N) is 1. The van der Waals surface area contributed by atoms with Gasteiger partial charge in [0.2, 0.25) is 0 Å². The molecule has 0 fully saturated rings. The van der Waals surface area contributed by atoms with E-state index in [1.54, 1.807) is 0 Å². The van der Waals surface area contributed by atoms with Crippen LogP contribution in [0, 0.1) is 3.57 Å². The summed E-state index contributed by atoms with van der Waals surface area (Å²) in [6, 6.07) is 8.07. The van der Waals surface area contributed by atoms with E-state index in [9.17, 15) is 4.21 Å². The van der Waals surface area contributed by atoms with Crippen molar-refractivity contribution in [2.75, 3.05) is 12.3 Å². The Bertz CT molecular complexity index is 286. The van der Waals surface area contributed by atoms with Gasteiger partial charge in [0.05, 0.1) is 0 Å². The first-order chi connectivity index (χ1) is 6.22. The molecular formula is C9H12INOS. The zero-order valence-electron chi connectivity index (χ0n) is 7.20. The third kappa shape index (κ3) is 4.19. The lowest BCUT2D eigenvalue weighted by Crippen LogP contribution is -2.11. The molecule has 0 unspecified atom stereocenters. The van der Waals surface area contributed by atoms with Gasteiger partial charge in [0.15, 0.2) is 0 Å². The maximum atomic E-state index is 11.3. The number of hydrogen-bond acceptors (Lipinski definition) is 2. The molecule has 0 saturated heterocycles. The maximum Gasteiger partial charge on any atom is 0.0486 e. The van der Waals surface area contributed by atoms with Crippen LogP contribution >= 0.6 is 22.6 Å². The highest BCUT2D eigenvalue weighted by molar-refractivity contribution is 14.1. The summed E-state index contributed by atoms with van der Waals surface area (Å²) in [4.78, 5) is 0. The van der Waals surface area contributed by atoms with Gasteiger partial charge in [-0.05, 0) is 40.3 Å². The lowest BCUT2D eigenvalue weighted by molar-refractivity contribution is 0.682. The van der Waals surface area contributed by atoms with E-state index in [-0.39, 0.29) is 0 Å². The zero-order valence-corrected chi connectivity index (χ0v) is 10.2. The molecule has 72 valence electrons. The molecule has 2 N–H and O–H groups in total. The van der Waals surface area contributed by atoms with Gasteiger partial charge in [-0.15, -0.1) is 0 Å². The molecular weight excluding hydrogens is 297 g/mol. The van der Waals surface area contributed by atoms with Crippen molar-refractivity contribution in [1.29, 1.82) is 0 Å². The highest BCUT2D eigenvalue weighted by Crippen LogP contribution is 2.08. The normalized spacial score (nSPS) is 12.8. The van der Waals surface area contributed by atoms with Gasteiger partial charge in [-0.3, -0.25) is 4.21 Å². The molecule has 0 aromatic heterocycles. The largest absolute Gasteiger partial charge is 0.330 e. The molecule has 2 nitrogen and oxygen atoms in total. The van der Waals surface area contributed by atoms with Crippen LogP contribution in [0.5, 0.6) is 0 Å². The highest BCUT2D eigenvalue weighted by Gasteiger charge is 1.99. The Balaban J connectivity index is 2.54. The van der Waals surface area contributed by atoms with Crippen molar-refractivity contribution in [3.05, 3.63) is 33.4 Å². The summed E-state index contributed by atoms with van der Waals surface area (Å²) in [6.07, 6.45) is 0. The number of hydrogen-bond donors (Lipinski definition) is 1. The highest BCUT2D eigenvalue weighted by atomic mass is 127. The van der Waals surface area contributed by atoms with Crippen molar-refractivity contribution in [2.45, 2.75) is 5.75 Å². The molecule has 0 amide bonds. The van der Waals surface area contributed by atoms with Crippen LogP contribution in [0.4, 0.5) is 0 Å². The van der Waals surface area contributed by atoms with Gasteiger partial charge >= 0.3 is 0 Å². The fourth-order valence-corrected chi connectivity index (χ4v) is 2.30. The number of benzene rings is 1. The molecule has 1 aromatic carbocycles. The molecule has 0 aliphatic rings. The summed E-state index contributed by atoms with van der Waals surface area (Å²) < 4.78 is 12.5. The lowest BCUT2D eigenvalue weighted by Gasteiger charge is -2.00. The average molecular weight is 309 g/mol. The van der Waals surface area contributed by atoms with Gasteiger partial charge in [-0.1, -0.05) is 12.1 Å². The van der Waals surface area contributed by atoms with E-state index in [4.69, 9.17) is 5.73 Å². The van der Waals surface area contributed by atoms with Crippen LogP contribution in [0.15, 0.2) is 24.3 Å². The molecule has 1 aromatic rings. The second-order valence-corrected chi connectivity index (χ2v) is 5.53. The van der Waals surface area contributed by atoms with Crippen LogP contribution < -0.4 is 5.73 Å². The molecule has 1 atom stereocenters. The predicted molar refractivity (Wildman–Crippen MR) is 64.9 cm³/mol. The van der Waals surface area contributed by atoms with E-state index in [2.05, 4.69) is 22.6 Å². The average Bonchev–Trinajstić information content (AvgIpc) is 2.09. The Morgan fingerprint density at radius 3 is 2.46 bits per heavy atom. The molecule has 0 heterocycles. The standard InChI is InChI=1S/C9H12INOS/c10-9-3-1-8(2-4-9)7-13(12)6-5-11/h1-4H,5-7,11H2/t13-/m1/s1. The summed E-state index contributed by atoms with van der Waals surface area (Å²) in [7, 11) is -0.805. The Morgan fingerprint density at radius 2 is 1.92 bits per heavy atom. The molecule has 13 heavy (non-hydrogen) atoms. The molecule has 0 spiro atoms. The second kappa shape index (κ2) is 5.72.